The van der Waals surface area contributed by atoms with Crippen LogP contribution in [0.4, 0.5) is 0 Å². The maximum Gasteiger partial charge on any atom is 0.0760 e. The van der Waals surface area contributed by atoms with Gasteiger partial charge in [0.25, 0.3) is 0 Å². The minimum absolute atomic E-state index is 0.536. The second kappa shape index (κ2) is 3.93. The smallest absolute Gasteiger partial charge is 0.0760 e. The molecule has 1 aromatic rings. The van der Waals surface area contributed by atoms with Gasteiger partial charge in [-0.15, -0.1) is 0 Å². The van der Waals surface area contributed by atoms with E-state index in [0.29, 0.717) is 10.7 Å². The van der Waals surface area contributed by atoms with Crippen LogP contribution >= 0.6 is 11.6 Å². The Morgan fingerprint density at radius 3 is 2.83 bits per heavy atom. The summed E-state index contributed by atoms with van der Waals surface area (Å²) in [6, 6.07) is 1.81. The molecule has 0 spiro atoms. The Morgan fingerprint density at radius 1 is 1.58 bits per heavy atom. The third-order valence-electron chi connectivity index (χ3n) is 1.32. The van der Waals surface area contributed by atoms with Crippen molar-refractivity contribution in [3.05, 3.63) is 48.8 Å². The Balaban J connectivity index is 2.86. The summed E-state index contributed by atoms with van der Waals surface area (Å²) in [7, 11) is 0. The van der Waals surface area contributed by atoms with Crippen molar-refractivity contribution in [3.63, 3.8) is 0 Å². The van der Waals surface area contributed by atoms with Crippen molar-refractivity contribution in [3.8, 4) is 0 Å². The Labute approximate surface area is 76.5 Å². The van der Waals surface area contributed by atoms with Crippen LogP contribution in [-0.4, -0.2) is 9.78 Å². The van der Waals surface area contributed by atoms with Gasteiger partial charge in [-0.3, -0.25) is 0 Å². The van der Waals surface area contributed by atoms with Crippen molar-refractivity contribution < 1.29 is 0 Å². The molecule has 0 bridgehead atoms. The van der Waals surface area contributed by atoms with E-state index in [2.05, 4.69) is 18.3 Å². The van der Waals surface area contributed by atoms with Crippen molar-refractivity contribution in [2.24, 2.45) is 0 Å². The molecule has 1 heterocycles. The molecule has 1 rings (SSSR count). The SMILES string of the molecule is C=C/C=C(/Cl)C(=C)n1cccn1. The van der Waals surface area contributed by atoms with Crippen LogP contribution in [-0.2, 0) is 0 Å². The Hall–Kier alpha value is -1.28. The van der Waals surface area contributed by atoms with Crippen molar-refractivity contribution in [2.45, 2.75) is 0 Å². The molecule has 3 heteroatoms. The summed E-state index contributed by atoms with van der Waals surface area (Å²) in [5.41, 5.74) is 0.640. The van der Waals surface area contributed by atoms with E-state index in [1.165, 1.54) is 0 Å². The van der Waals surface area contributed by atoms with Crippen molar-refractivity contribution in [1.82, 2.24) is 9.78 Å². The standard InChI is InChI=1S/C9H9ClN2/c1-3-5-9(10)8(2)12-7-4-6-11-12/h3-7H,1-2H2/b9-5+. The van der Waals surface area contributed by atoms with Crippen molar-refractivity contribution in [1.29, 1.82) is 0 Å². The lowest BCUT2D eigenvalue weighted by molar-refractivity contribution is 0.910. The van der Waals surface area contributed by atoms with E-state index in [1.54, 1.807) is 29.2 Å². The summed E-state index contributed by atoms with van der Waals surface area (Å²) in [5.74, 6) is 0. The molecule has 0 unspecified atom stereocenters. The molecule has 1 aromatic heterocycles. The molecule has 0 atom stereocenters. The lowest BCUT2D eigenvalue weighted by Crippen LogP contribution is -1.95. The Morgan fingerprint density at radius 2 is 2.33 bits per heavy atom. The molecular weight excluding hydrogens is 172 g/mol. The second-order valence-corrected chi connectivity index (χ2v) is 2.55. The monoisotopic (exact) mass is 180 g/mol. The fourth-order valence-electron chi connectivity index (χ4n) is 0.738. The van der Waals surface area contributed by atoms with Crippen LogP contribution in [0.1, 0.15) is 0 Å². The first kappa shape index (κ1) is 8.81. The first-order valence-corrected chi connectivity index (χ1v) is 3.81. The van der Waals surface area contributed by atoms with Gasteiger partial charge in [0.15, 0.2) is 0 Å². The lowest BCUT2D eigenvalue weighted by Gasteiger charge is -2.02. The highest BCUT2D eigenvalue weighted by Crippen LogP contribution is 2.16. The number of rotatable bonds is 3. The van der Waals surface area contributed by atoms with E-state index in [-0.39, 0.29) is 0 Å². The molecule has 2 nitrogen and oxygen atoms in total. The first-order chi connectivity index (χ1) is 5.75. The van der Waals surface area contributed by atoms with Gasteiger partial charge in [0.2, 0.25) is 0 Å². The Bertz CT molecular complexity index is 309. The molecule has 0 radical (unpaired) electrons. The summed E-state index contributed by atoms with van der Waals surface area (Å²) in [5, 5.41) is 4.51. The maximum absolute atomic E-state index is 5.85. The number of allylic oxidation sites excluding steroid dienone is 4. The number of aromatic nitrogens is 2. The average molecular weight is 181 g/mol. The molecule has 0 aromatic carbocycles. The zero-order valence-corrected chi connectivity index (χ0v) is 7.33. The van der Waals surface area contributed by atoms with Crippen molar-refractivity contribution >= 4 is 17.3 Å². The highest BCUT2D eigenvalue weighted by molar-refractivity contribution is 6.35. The highest BCUT2D eigenvalue weighted by Gasteiger charge is 1.99. The molecule has 0 aliphatic carbocycles. The fourth-order valence-corrected chi connectivity index (χ4v) is 0.913. The summed E-state index contributed by atoms with van der Waals surface area (Å²) in [4.78, 5) is 0. The van der Waals surface area contributed by atoms with Crippen LogP contribution in [0, 0.1) is 0 Å². The predicted octanol–water partition coefficient (Wildman–Crippen LogP) is 2.66. The zero-order valence-electron chi connectivity index (χ0n) is 6.57. The van der Waals surface area contributed by atoms with Gasteiger partial charge in [-0.2, -0.15) is 5.10 Å². The van der Waals surface area contributed by atoms with Gasteiger partial charge in [0.1, 0.15) is 0 Å². The van der Waals surface area contributed by atoms with Crippen molar-refractivity contribution in [2.75, 3.05) is 0 Å². The summed E-state index contributed by atoms with van der Waals surface area (Å²) in [6.45, 7) is 7.30. The summed E-state index contributed by atoms with van der Waals surface area (Å²) in [6.07, 6.45) is 6.73. The molecule has 0 aliphatic heterocycles. The van der Waals surface area contributed by atoms with Gasteiger partial charge in [-0.25, -0.2) is 4.68 Å². The van der Waals surface area contributed by atoms with Gasteiger partial charge >= 0.3 is 0 Å². The Kier molecular flexibility index (Phi) is 2.88. The van der Waals surface area contributed by atoms with Gasteiger partial charge in [-0.05, 0) is 12.1 Å². The van der Waals surface area contributed by atoms with E-state index >= 15 is 0 Å². The van der Waals surface area contributed by atoms with E-state index in [1.807, 2.05) is 6.07 Å². The summed E-state index contributed by atoms with van der Waals surface area (Å²) >= 11 is 5.85. The average Bonchev–Trinajstić information content (AvgIpc) is 2.55. The number of nitrogens with zero attached hydrogens (tertiary/aromatic N) is 2. The third-order valence-corrected chi connectivity index (χ3v) is 1.66. The number of halogens is 1. The molecule has 62 valence electrons. The van der Waals surface area contributed by atoms with Crippen LogP contribution in [0.25, 0.3) is 5.70 Å². The van der Waals surface area contributed by atoms with Crippen LogP contribution in [0.3, 0.4) is 0 Å². The lowest BCUT2D eigenvalue weighted by atomic mass is 10.4. The number of hydrogen-bond donors (Lipinski definition) is 0. The largest absolute Gasteiger partial charge is 0.240 e. The summed E-state index contributed by atoms with van der Waals surface area (Å²) < 4.78 is 1.60. The minimum atomic E-state index is 0.536. The third kappa shape index (κ3) is 1.86. The normalized spacial score (nSPS) is 11.2. The molecule has 0 saturated heterocycles. The predicted molar refractivity (Wildman–Crippen MR) is 51.7 cm³/mol. The zero-order chi connectivity index (χ0) is 8.97. The van der Waals surface area contributed by atoms with E-state index in [4.69, 9.17) is 11.6 Å². The van der Waals surface area contributed by atoms with Crippen LogP contribution in [0.2, 0.25) is 0 Å². The molecule has 0 saturated carbocycles. The van der Waals surface area contributed by atoms with Gasteiger partial charge in [0.05, 0.1) is 10.7 Å². The van der Waals surface area contributed by atoms with E-state index < -0.39 is 0 Å². The van der Waals surface area contributed by atoms with Crippen LogP contribution < -0.4 is 0 Å². The van der Waals surface area contributed by atoms with Gasteiger partial charge in [0, 0.05) is 12.4 Å². The van der Waals surface area contributed by atoms with Crippen LogP contribution in [0.15, 0.2) is 48.8 Å². The van der Waals surface area contributed by atoms with Gasteiger partial charge in [-0.1, -0.05) is 30.8 Å². The minimum Gasteiger partial charge on any atom is -0.240 e. The first-order valence-electron chi connectivity index (χ1n) is 3.43. The molecule has 0 fully saturated rings. The van der Waals surface area contributed by atoms with E-state index in [0.717, 1.165) is 0 Å². The fraction of sp³-hybridized carbons (Fsp3) is 0. The second-order valence-electron chi connectivity index (χ2n) is 2.15. The molecule has 0 amide bonds. The molecule has 0 N–H and O–H groups in total. The molecule has 0 aliphatic rings. The number of hydrogen-bond acceptors (Lipinski definition) is 1. The van der Waals surface area contributed by atoms with E-state index in [9.17, 15) is 0 Å². The highest BCUT2D eigenvalue weighted by atomic mass is 35.5. The molecular formula is C9H9ClN2. The van der Waals surface area contributed by atoms with Gasteiger partial charge < -0.3 is 0 Å². The quantitative estimate of drug-likeness (QED) is 0.654. The topological polar surface area (TPSA) is 17.8 Å². The molecule has 12 heavy (non-hydrogen) atoms. The van der Waals surface area contributed by atoms with Crippen LogP contribution in [0.5, 0.6) is 0 Å². The maximum atomic E-state index is 5.85.